The Kier molecular flexibility index (Phi) is 12.6. The quantitative estimate of drug-likeness (QED) is 0.295. The lowest BCUT2D eigenvalue weighted by Gasteiger charge is -2.21. The molecule has 0 aromatic rings. The Balaban J connectivity index is 3.57. The highest BCUT2D eigenvalue weighted by Gasteiger charge is 2.25. The molecule has 0 spiro atoms. The molecule has 0 rings (SSSR count). The van der Waals surface area contributed by atoms with Gasteiger partial charge in [0.25, 0.3) is 0 Å². The van der Waals surface area contributed by atoms with Gasteiger partial charge in [0.2, 0.25) is 0 Å². The Bertz CT molecular complexity index is 259. The summed E-state index contributed by atoms with van der Waals surface area (Å²) in [5.41, 5.74) is 0. The zero-order valence-corrected chi connectivity index (χ0v) is 12.9. The van der Waals surface area contributed by atoms with Crippen molar-refractivity contribution >= 4 is 5.97 Å². The van der Waals surface area contributed by atoms with E-state index in [-0.39, 0.29) is 6.61 Å². The van der Waals surface area contributed by atoms with E-state index in [0.29, 0.717) is 6.42 Å². The second kappa shape index (κ2) is 13.0. The number of hydrogen-bond acceptors (Lipinski definition) is 6. The molecule has 0 radical (unpaired) electrons. The molecule has 0 aliphatic heterocycles. The Morgan fingerprint density at radius 1 is 0.952 bits per heavy atom. The van der Waals surface area contributed by atoms with Gasteiger partial charge >= 0.3 is 5.97 Å². The highest BCUT2D eigenvalue weighted by molar-refractivity contribution is 5.69. The molecule has 21 heavy (non-hydrogen) atoms. The molecule has 6 heteroatoms. The Hall–Kier alpha value is -0.690. The molecule has 0 unspecified atom stereocenters. The van der Waals surface area contributed by atoms with Crippen LogP contribution in [0.3, 0.4) is 0 Å². The Morgan fingerprint density at radius 2 is 1.52 bits per heavy atom. The van der Waals surface area contributed by atoms with E-state index in [9.17, 15) is 15.0 Å². The largest absolute Gasteiger partial charge is 0.463 e. The van der Waals surface area contributed by atoms with Crippen molar-refractivity contribution in [1.82, 2.24) is 0 Å². The fourth-order valence-electron chi connectivity index (χ4n) is 1.94. The molecule has 0 saturated heterocycles. The first kappa shape index (κ1) is 20.3. The van der Waals surface area contributed by atoms with Crippen molar-refractivity contribution in [3.05, 3.63) is 0 Å². The molecule has 0 aliphatic rings. The number of esters is 1. The molecule has 3 atom stereocenters. The van der Waals surface area contributed by atoms with Crippen molar-refractivity contribution in [1.29, 1.82) is 0 Å². The van der Waals surface area contributed by atoms with Crippen LogP contribution in [-0.4, -0.2) is 57.9 Å². The van der Waals surface area contributed by atoms with Crippen LogP contribution < -0.4 is 0 Å². The number of carbonyl (C=O) groups excluding carboxylic acids is 1. The molecular weight excluding hydrogens is 276 g/mol. The van der Waals surface area contributed by atoms with Crippen molar-refractivity contribution in [2.24, 2.45) is 0 Å². The standard InChI is InChI=1S/C15H30O6/c1-2-3-4-5-6-7-8-9-14(19)21-11-13(18)15(20)12(17)10-16/h12-13,15-18,20H,2-11H2,1H3/t12-,13+,15+/m1/s1. The number of unbranched alkanes of at least 4 members (excludes halogenated alkanes) is 6. The molecule has 0 saturated carbocycles. The molecule has 0 amide bonds. The van der Waals surface area contributed by atoms with E-state index in [1.807, 2.05) is 0 Å². The summed E-state index contributed by atoms with van der Waals surface area (Å²) in [6, 6.07) is 0. The third-order valence-electron chi connectivity index (χ3n) is 3.38. The van der Waals surface area contributed by atoms with E-state index < -0.39 is 30.9 Å². The molecule has 126 valence electrons. The molecule has 0 bridgehead atoms. The van der Waals surface area contributed by atoms with Gasteiger partial charge in [-0.25, -0.2) is 0 Å². The van der Waals surface area contributed by atoms with Crippen LogP contribution in [0.2, 0.25) is 0 Å². The third kappa shape index (κ3) is 10.6. The molecular formula is C15H30O6. The predicted molar refractivity (Wildman–Crippen MR) is 78.7 cm³/mol. The van der Waals surface area contributed by atoms with E-state index in [2.05, 4.69) is 6.92 Å². The number of aliphatic hydroxyl groups is 4. The van der Waals surface area contributed by atoms with Gasteiger partial charge in [0.1, 0.15) is 24.9 Å². The van der Waals surface area contributed by atoms with Gasteiger partial charge < -0.3 is 25.2 Å². The lowest BCUT2D eigenvalue weighted by molar-refractivity contribution is -0.152. The average Bonchev–Trinajstić information content (AvgIpc) is 2.50. The lowest BCUT2D eigenvalue weighted by atomic mass is 10.1. The molecule has 4 N–H and O–H groups in total. The van der Waals surface area contributed by atoms with Crippen molar-refractivity contribution in [2.75, 3.05) is 13.2 Å². The van der Waals surface area contributed by atoms with Crippen molar-refractivity contribution in [3.8, 4) is 0 Å². The summed E-state index contributed by atoms with van der Waals surface area (Å²) in [6.07, 6.45) is 3.65. The number of rotatable bonds is 13. The maximum atomic E-state index is 11.4. The predicted octanol–water partition coefficient (Wildman–Crippen LogP) is 0.745. The van der Waals surface area contributed by atoms with Gasteiger partial charge in [0.05, 0.1) is 6.61 Å². The number of carbonyl (C=O) groups is 1. The van der Waals surface area contributed by atoms with Gasteiger partial charge in [-0.15, -0.1) is 0 Å². The van der Waals surface area contributed by atoms with Crippen molar-refractivity contribution in [3.63, 3.8) is 0 Å². The third-order valence-corrected chi connectivity index (χ3v) is 3.38. The van der Waals surface area contributed by atoms with Gasteiger partial charge in [0, 0.05) is 6.42 Å². The van der Waals surface area contributed by atoms with Gasteiger partial charge in [-0.05, 0) is 6.42 Å². The van der Waals surface area contributed by atoms with Crippen LogP contribution in [0.5, 0.6) is 0 Å². The van der Waals surface area contributed by atoms with E-state index in [0.717, 1.165) is 19.3 Å². The number of hydrogen-bond donors (Lipinski definition) is 4. The van der Waals surface area contributed by atoms with Gasteiger partial charge in [-0.3, -0.25) is 4.79 Å². The van der Waals surface area contributed by atoms with Crippen LogP contribution in [0.25, 0.3) is 0 Å². The molecule has 0 aromatic carbocycles. The molecule has 6 nitrogen and oxygen atoms in total. The Morgan fingerprint density at radius 3 is 2.10 bits per heavy atom. The monoisotopic (exact) mass is 306 g/mol. The molecule has 0 aliphatic carbocycles. The van der Waals surface area contributed by atoms with Gasteiger partial charge in [0.15, 0.2) is 0 Å². The van der Waals surface area contributed by atoms with E-state index >= 15 is 0 Å². The summed E-state index contributed by atoms with van der Waals surface area (Å²) in [5.74, 6) is -0.423. The lowest BCUT2D eigenvalue weighted by Crippen LogP contribution is -2.42. The van der Waals surface area contributed by atoms with Crippen LogP contribution in [-0.2, 0) is 9.53 Å². The molecule has 0 fully saturated rings. The average molecular weight is 306 g/mol. The number of ether oxygens (including phenoxy) is 1. The van der Waals surface area contributed by atoms with Crippen LogP contribution in [0, 0.1) is 0 Å². The van der Waals surface area contributed by atoms with Crippen LogP contribution in [0.1, 0.15) is 58.3 Å². The van der Waals surface area contributed by atoms with E-state index in [1.54, 1.807) is 0 Å². The first-order chi connectivity index (χ1) is 10.0. The van der Waals surface area contributed by atoms with E-state index in [4.69, 9.17) is 14.9 Å². The first-order valence-electron chi connectivity index (χ1n) is 7.83. The van der Waals surface area contributed by atoms with Gasteiger partial charge in [-0.1, -0.05) is 45.4 Å². The van der Waals surface area contributed by atoms with Crippen molar-refractivity contribution < 1.29 is 30.0 Å². The fourth-order valence-corrected chi connectivity index (χ4v) is 1.94. The summed E-state index contributed by atoms with van der Waals surface area (Å²) in [5, 5.41) is 36.6. The minimum Gasteiger partial charge on any atom is -0.463 e. The molecule has 0 heterocycles. The second-order valence-corrected chi connectivity index (χ2v) is 5.36. The normalized spacial score (nSPS) is 15.5. The molecule has 0 aromatic heterocycles. The first-order valence-corrected chi connectivity index (χ1v) is 7.83. The summed E-state index contributed by atoms with van der Waals surface area (Å²) < 4.78 is 4.82. The number of aliphatic hydroxyl groups excluding tert-OH is 4. The topological polar surface area (TPSA) is 107 Å². The van der Waals surface area contributed by atoms with Crippen LogP contribution in [0.4, 0.5) is 0 Å². The van der Waals surface area contributed by atoms with Gasteiger partial charge in [-0.2, -0.15) is 0 Å². The summed E-state index contributed by atoms with van der Waals surface area (Å²) in [6.45, 7) is 1.12. The van der Waals surface area contributed by atoms with E-state index in [1.165, 1.54) is 25.7 Å². The van der Waals surface area contributed by atoms with Crippen LogP contribution in [0.15, 0.2) is 0 Å². The minimum atomic E-state index is -1.53. The summed E-state index contributed by atoms with van der Waals surface area (Å²) in [7, 11) is 0. The highest BCUT2D eigenvalue weighted by atomic mass is 16.5. The Labute approximate surface area is 126 Å². The summed E-state index contributed by atoms with van der Waals surface area (Å²) >= 11 is 0. The van der Waals surface area contributed by atoms with Crippen molar-refractivity contribution in [2.45, 2.75) is 76.6 Å². The maximum absolute atomic E-state index is 11.4. The minimum absolute atomic E-state index is 0.291. The highest BCUT2D eigenvalue weighted by Crippen LogP contribution is 2.09. The fraction of sp³-hybridized carbons (Fsp3) is 0.933. The SMILES string of the molecule is CCCCCCCCCC(=O)OC[C@H](O)[C@@H](O)[C@H](O)CO. The second-order valence-electron chi connectivity index (χ2n) is 5.36. The maximum Gasteiger partial charge on any atom is 0.305 e. The summed E-state index contributed by atoms with van der Waals surface area (Å²) in [4.78, 5) is 11.4. The smallest absolute Gasteiger partial charge is 0.305 e. The zero-order chi connectivity index (χ0) is 16.1. The zero-order valence-electron chi connectivity index (χ0n) is 12.9. The van der Waals surface area contributed by atoms with Crippen LogP contribution >= 0.6 is 0 Å².